The van der Waals surface area contributed by atoms with Crippen molar-refractivity contribution in [1.82, 2.24) is 9.78 Å². The minimum atomic E-state index is 0. The van der Waals surface area contributed by atoms with E-state index >= 15 is 0 Å². The summed E-state index contributed by atoms with van der Waals surface area (Å²) in [5.41, 5.74) is 8.41. The molecule has 2 aromatic carbocycles. The average molecular weight is 509 g/mol. The zero-order chi connectivity index (χ0) is 19.9. The fourth-order valence-corrected chi connectivity index (χ4v) is 2.58. The number of halogens is 1. The second-order valence-corrected chi connectivity index (χ2v) is 5.84. The molecule has 0 saturated carbocycles. The van der Waals surface area contributed by atoms with E-state index in [2.05, 4.69) is 15.4 Å². The Morgan fingerprint density at radius 2 is 1.69 bits per heavy atom. The maximum atomic E-state index is 6.01. The van der Waals surface area contributed by atoms with Gasteiger partial charge in [0.2, 0.25) is 0 Å². The van der Waals surface area contributed by atoms with E-state index in [1.54, 1.807) is 38.1 Å². The first-order valence-electron chi connectivity index (χ1n) is 8.61. The highest BCUT2D eigenvalue weighted by Crippen LogP contribution is 2.28. The van der Waals surface area contributed by atoms with Crippen molar-refractivity contribution in [2.24, 2.45) is 10.7 Å². The molecule has 3 rings (SSSR count). The lowest BCUT2D eigenvalue weighted by atomic mass is 10.2. The van der Waals surface area contributed by atoms with Gasteiger partial charge in [0.05, 0.1) is 44.9 Å². The van der Waals surface area contributed by atoms with Gasteiger partial charge in [0, 0.05) is 12.3 Å². The number of hydrogen-bond donors (Lipinski definition) is 2. The summed E-state index contributed by atoms with van der Waals surface area (Å²) in [6.07, 6.45) is 1.88. The average Bonchev–Trinajstić information content (AvgIpc) is 3.21. The van der Waals surface area contributed by atoms with Crippen molar-refractivity contribution in [2.45, 2.75) is 6.54 Å². The lowest BCUT2D eigenvalue weighted by Crippen LogP contribution is -2.23. The predicted octanol–water partition coefficient (Wildman–Crippen LogP) is 3.44. The van der Waals surface area contributed by atoms with Gasteiger partial charge in [-0.3, -0.25) is 0 Å². The van der Waals surface area contributed by atoms with E-state index in [4.69, 9.17) is 19.9 Å². The van der Waals surface area contributed by atoms with Crippen molar-refractivity contribution < 1.29 is 14.2 Å². The van der Waals surface area contributed by atoms with Crippen LogP contribution in [0.25, 0.3) is 5.69 Å². The van der Waals surface area contributed by atoms with Crippen LogP contribution in [0.1, 0.15) is 5.69 Å². The first kappa shape index (κ1) is 22.3. The fourth-order valence-electron chi connectivity index (χ4n) is 2.58. The van der Waals surface area contributed by atoms with E-state index in [-0.39, 0.29) is 29.9 Å². The SMILES string of the molecule is COc1ccc(-n2ccc(CN=C(N)Nc3cc(OC)ccc3OC)n2)cc1.I. The zero-order valence-electron chi connectivity index (χ0n) is 16.5. The van der Waals surface area contributed by atoms with Gasteiger partial charge in [-0.05, 0) is 42.5 Å². The van der Waals surface area contributed by atoms with Gasteiger partial charge >= 0.3 is 0 Å². The Bertz CT molecular complexity index is 957. The molecule has 0 amide bonds. The number of hydrogen-bond acceptors (Lipinski definition) is 5. The molecule has 9 heteroatoms. The van der Waals surface area contributed by atoms with E-state index in [0.717, 1.165) is 17.1 Å². The van der Waals surface area contributed by atoms with E-state index < -0.39 is 0 Å². The number of anilines is 1. The number of ether oxygens (including phenoxy) is 3. The first-order valence-corrected chi connectivity index (χ1v) is 8.61. The summed E-state index contributed by atoms with van der Waals surface area (Å²) >= 11 is 0. The number of rotatable bonds is 7. The summed E-state index contributed by atoms with van der Waals surface area (Å²) in [5, 5.41) is 7.55. The van der Waals surface area contributed by atoms with Crippen LogP contribution in [0, 0.1) is 0 Å². The minimum Gasteiger partial charge on any atom is -0.497 e. The van der Waals surface area contributed by atoms with Crippen LogP contribution in [-0.4, -0.2) is 37.1 Å². The number of aromatic nitrogens is 2. The molecule has 0 unspecified atom stereocenters. The van der Waals surface area contributed by atoms with E-state index in [1.807, 2.05) is 42.6 Å². The molecule has 0 bridgehead atoms. The Kier molecular flexibility index (Phi) is 8.13. The van der Waals surface area contributed by atoms with E-state index in [0.29, 0.717) is 23.7 Å². The Balaban J connectivity index is 0.00000300. The van der Waals surface area contributed by atoms with Crippen LogP contribution in [0.3, 0.4) is 0 Å². The fraction of sp³-hybridized carbons (Fsp3) is 0.200. The molecule has 1 aromatic heterocycles. The zero-order valence-corrected chi connectivity index (χ0v) is 18.8. The van der Waals surface area contributed by atoms with Gasteiger partial charge < -0.3 is 25.3 Å². The van der Waals surface area contributed by atoms with Gasteiger partial charge in [0.15, 0.2) is 5.96 Å². The quantitative estimate of drug-likeness (QED) is 0.288. The van der Waals surface area contributed by atoms with Crippen molar-refractivity contribution in [2.75, 3.05) is 26.6 Å². The van der Waals surface area contributed by atoms with Crippen LogP contribution >= 0.6 is 24.0 Å². The lowest BCUT2D eigenvalue weighted by Gasteiger charge is -2.12. The molecule has 1 heterocycles. The van der Waals surface area contributed by atoms with Crippen molar-refractivity contribution >= 4 is 35.6 Å². The topological polar surface area (TPSA) is 95.9 Å². The van der Waals surface area contributed by atoms with Crippen LogP contribution in [0.4, 0.5) is 5.69 Å². The van der Waals surface area contributed by atoms with Gasteiger partial charge in [-0.25, -0.2) is 9.67 Å². The Morgan fingerprint density at radius 3 is 2.34 bits per heavy atom. The normalized spacial score (nSPS) is 10.8. The summed E-state index contributed by atoms with van der Waals surface area (Å²) in [6.45, 7) is 0.342. The maximum Gasteiger partial charge on any atom is 0.193 e. The third-order valence-corrected chi connectivity index (χ3v) is 4.06. The molecule has 0 radical (unpaired) electrons. The Hall–Kier alpha value is -2.95. The number of methoxy groups -OCH3 is 3. The molecule has 0 aliphatic carbocycles. The third-order valence-electron chi connectivity index (χ3n) is 4.06. The van der Waals surface area contributed by atoms with Crippen molar-refractivity contribution in [3.8, 4) is 22.9 Å². The smallest absolute Gasteiger partial charge is 0.193 e. The predicted molar refractivity (Wildman–Crippen MR) is 124 cm³/mol. The third kappa shape index (κ3) is 5.76. The summed E-state index contributed by atoms with van der Waals surface area (Å²) in [5.74, 6) is 2.38. The van der Waals surface area contributed by atoms with Gasteiger partial charge in [0.25, 0.3) is 0 Å². The summed E-state index contributed by atoms with van der Waals surface area (Å²) in [4.78, 5) is 4.35. The molecule has 8 nitrogen and oxygen atoms in total. The van der Waals surface area contributed by atoms with Crippen LogP contribution < -0.4 is 25.3 Å². The van der Waals surface area contributed by atoms with Gasteiger partial charge in [-0.15, -0.1) is 24.0 Å². The molecule has 3 aromatic rings. The molecule has 0 saturated heterocycles. The minimum absolute atomic E-state index is 0. The second kappa shape index (κ2) is 10.6. The number of aliphatic imine (C=N–C) groups is 1. The molecule has 0 aliphatic rings. The van der Waals surface area contributed by atoms with Crippen molar-refractivity contribution in [3.63, 3.8) is 0 Å². The van der Waals surface area contributed by atoms with Crippen LogP contribution in [0.5, 0.6) is 17.2 Å². The van der Waals surface area contributed by atoms with E-state index in [9.17, 15) is 0 Å². The molecular weight excluding hydrogens is 485 g/mol. The van der Waals surface area contributed by atoms with E-state index in [1.165, 1.54) is 0 Å². The Morgan fingerprint density at radius 1 is 1.00 bits per heavy atom. The Labute approximate surface area is 186 Å². The number of guanidine groups is 1. The molecule has 0 spiro atoms. The number of nitrogens with zero attached hydrogens (tertiary/aromatic N) is 3. The van der Waals surface area contributed by atoms with Crippen LogP contribution in [-0.2, 0) is 6.54 Å². The molecule has 0 atom stereocenters. The highest BCUT2D eigenvalue weighted by atomic mass is 127. The highest BCUT2D eigenvalue weighted by Gasteiger charge is 2.07. The molecule has 3 N–H and O–H groups in total. The molecular formula is C20H24IN5O3. The number of nitrogens with two attached hydrogens (primary N) is 1. The van der Waals surface area contributed by atoms with Gasteiger partial charge in [0.1, 0.15) is 17.2 Å². The van der Waals surface area contributed by atoms with Crippen molar-refractivity contribution in [1.29, 1.82) is 0 Å². The molecule has 0 aliphatic heterocycles. The molecule has 154 valence electrons. The lowest BCUT2D eigenvalue weighted by molar-refractivity contribution is 0.405. The first-order chi connectivity index (χ1) is 13.6. The summed E-state index contributed by atoms with van der Waals surface area (Å²) in [7, 11) is 4.83. The standard InChI is InChI=1S/C20H23N5O3.HI/c1-26-16-6-4-15(5-7-16)25-11-10-14(24-25)13-22-20(21)23-18-12-17(27-2)8-9-19(18)28-3;/h4-12H,13H2,1-3H3,(H3,21,22,23);1H. The highest BCUT2D eigenvalue weighted by molar-refractivity contribution is 14.0. The second-order valence-electron chi connectivity index (χ2n) is 5.84. The van der Waals surface area contributed by atoms with Gasteiger partial charge in [-0.1, -0.05) is 0 Å². The molecule has 0 fully saturated rings. The maximum absolute atomic E-state index is 6.01. The van der Waals surface area contributed by atoms with Gasteiger partial charge in [-0.2, -0.15) is 5.10 Å². The number of nitrogens with one attached hydrogen (secondary N) is 1. The van der Waals surface area contributed by atoms with Crippen molar-refractivity contribution in [3.05, 3.63) is 60.4 Å². The van der Waals surface area contributed by atoms with Crippen LogP contribution in [0.2, 0.25) is 0 Å². The van der Waals surface area contributed by atoms with Crippen LogP contribution in [0.15, 0.2) is 59.7 Å². The largest absolute Gasteiger partial charge is 0.497 e. The molecule has 29 heavy (non-hydrogen) atoms. The summed E-state index contributed by atoms with van der Waals surface area (Å²) in [6, 6.07) is 14.9. The summed E-state index contributed by atoms with van der Waals surface area (Å²) < 4.78 is 17.5. The monoisotopic (exact) mass is 509 g/mol. The number of benzene rings is 2.